The molecule has 5 nitrogen and oxygen atoms in total. The molecule has 28 heavy (non-hydrogen) atoms. The molecule has 2 aliphatic heterocycles. The maximum absolute atomic E-state index is 10.6. The van der Waals surface area contributed by atoms with E-state index in [-0.39, 0.29) is 6.42 Å². The Morgan fingerprint density at radius 2 is 1.86 bits per heavy atom. The molecule has 0 unspecified atom stereocenters. The molecule has 2 heterocycles. The third kappa shape index (κ3) is 6.45. The van der Waals surface area contributed by atoms with E-state index in [9.17, 15) is 4.79 Å². The molecule has 0 aromatic heterocycles. The molecule has 1 aliphatic carbocycles. The van der Waals surface area contributed by atoms with E-state index in [4.69, 9.17) is 26.8 Å². The van der Waals surface area contributed by atoms with Gasteiger partial charge < -0.3 is 19.9 Å². The number of fused-ring (bicyclic) bond motifs is 2. The fraction of sp³-hybridized carbons (Fsp3) is 0.818. The first-order valence-corrected chi connectivity index (χ1v) is 11.5. The second-order valence-electron chi connectivity index (χ2n) is 8.59. The highest BCUT2D eigenvalue weighted by atomic mass is 32.1. The van der Waals surface area contributed by atoms with Gasteiger partial charge in [-0.15, -0.1) is 0 Å². The van der Waals surface area contributed by atoms with Crippen molar-refractivity contribution in [3.63, 3.8) is 0 Å². The van der Waals surface area contributed by atoms with Crippen LogP contribution in [0.1, 0.15) is 70.6 Å². The zero-order valence-corrected chi connectivity index (χ0v) is 17.6. The Morgan fingerprint density at radius 1 is 1.11 bits per heavy atom. The van der Waals surface area contributed by atoms with Gasteiger partial charge in [0.05, 0.1) is 18.8 Å². The second kappa shape index (κ2) is 11.1. The topological polar surface area (TPSA) is 67.8 Å². The van der Waals surface area contributed by atoms with Crippen LogP contribution in [-0.4, -0.2) is 41.6 Å². The number of hydrogen-bond acceptors (Lipinski definition) is 4. The summed E-state index contributed by atoms with van der Waals surface area (Å²) in [6, 6.07) is 0. The van der Waals surface area contributed by atoms with E-state index >= 15 is 0 Å². The van der Waals surface area contributed by atoms with Crippen molar-refractivity contribution in [2.45, 2.75) is 82.8 Å². The Morgan fingerprint density at radius 3 is 2.61 bits per heavy atom. The van der Waals surface area contributed by atoms with Gasteiger partial charge in [-0.25, -0.2) is 0 Å². The Labute approximate surface area is 174 Å². The average Bonchev–Trinajstić information content (AvgIpc) is 3.30. The predicted molar refractivity (Wildman–Crippen MR) is 113 cm³/mol. The summed E-state index contributed by atoms with van der Waals surface area (Å²) in [4.78, 5) is 10.6. The van der Waals surface area contributed by atoms with Crippen molar-refractivity contribution >= 4 is 23.4 Å². The molecule has 4 atom stereocenters. The third-order valence-electron chi connectivity index (χ3n) is 6.59. The Kier molecular flexibility index (Phi) is 8.59. The van der Waals surface area contributed by atoms with E-state index in [2.05, 4.69) is 17.5 Å². The summed E-state index contributed by atoms with van der Waals surface area (Å²) in [7, 11) is 0. The van der Waals surface area contributed by atoms with Crippen molar-refractivity contribution in [3.05, 3.63) is 12.2 Å². The summed E-state index contributed by atoms with van der Waals surface area (Å²) in [5.74, 6) is 0.896. The van der Waals surface area contributed by atoms with E-state index in [0.29, 0.717) is 42.2 Å². The minimum atomic E-state index is -0.722. The Hall–Kier alpha value is -1.14. The van der Waals surface area contributed by atoms with Crippen LogP contribution >= 0.6 is 12.2 Å². The highest BCUT2D eigenvalue weighted by Crippen LogP contribution is 2.45. The number of hydrogen-bond donors (Lipinski definition) is 2. The van der Waals surface area contributed by atoms with E-state index in [1.807, 2.05) is 0 Å². The van der Waals surface area contributed by atoms with E-state index in [1.165, 1.54) is 32.1 Å². The van der Waals surface area contributed by atoms with Gasteiger partial charge in [0.1, 0.15) is 0 Å². The fourth-order valence-corrected chi connectivity index (χ4v) is 5.16. The van der Waals surface area contributed by atoms with Crippen molar-refractivity contribution in [2.24, 2.45) is 17.8 Å². The number of ether oxygens (including phenoxy) is 2. The number of thiocarbonyl (C=S) groups is 1. The minimum Gasteiger partial charge on any atom is -0.481 e. The van der Waals surface area contributed by atoms with Gasteiger partial charge in [0.15, 0.2) is 0 Å². The lowest BCUT2D eigenvalue weighted by Crippen LogP contribution is -2.35. The van der Waals surface area contributed by atoms with Gasteiger partial charge in [0.25, 0.3) is 5.17 Å². The second-order valence-corrected chi connectivity index (χ2v) is 8.97. The number of nitrogens with one attached hydrogen (secondary N) is 1. The molecule has 158 valence electrons. The normalized spacial score (nSPS) is 30.0. The maximum atomic E-state index is 10.6. The maximum Gasteiger partial charge on any atom is 0.303 e. The van der Waals surface area contributed by atoms with Crippen LogP contribution in [0.25, 0.3) is 0 Å². The van der Waals surface area contributed by atoms with Crippen molar-refractivity contribution in [1.82, 2.24) is 5.32 Å². The molecule has 0 spiro atoms. The standard InChI is InChI=1S/C22H35NO4S/c24-21(25)11-7-2-1-6-10-17-18(20-13-12-19(17)27-20)15-26-22(28)23-14-16-8-4-3-5-9-16/h1,6,16-20H,2-5,7-15H2,(H,23,28)(H,24,25)/b6-1-/t17-,18+,19-,20+/m1/s1. The number of carboxylic acids is 1. The number of aliphatic carboxylic acids is 1. The van der Waals surface area contributed by atoms with Crippen LogP contribution in [0, 0.1) is 17.8 Å². The van der Waals surface area contributed by atoms with Crippen molar-refractivity contribution in [3.8, 4) is 0 Å². The van der Waals surface area contributed by atoms with Crippen LogP contribution < -0.4 is 5.32 Å². The first kappa shape index (κ1) is 21.6. The predicted octanol–water partition coefficient (Wildman–Crippen LogP) is 4.45. The summed E-state index contributed by atoms with van der Waals surface area (Å²) < 4.78 is 12.1. The fourth-order valence-electron chi connectivity index (χ4n) is 5.01. The van der Waals surface area contributed by atoms with Crippen LogP contribution in [0.2, 0.25) is 0 Å². The Balaban J connectivity index is 1.37. The lowest BCUT2D eigenvalue weighted by atomic mass is 9.78. The molecule has 1 saturated carbocycles. The Bertz CT molecular complexity index is 547. The molecule has 2 saturated heterocycles. The highest BCUT2D eigenvalue weighted by Gasteiger charge is 2.48. The van der Waals surface area contributed by atoms with Crippen molar-refractivity contribution < 1.29 is 19.4 Å². The van der Waals surface area contributed by atoms with Gasteiger partial charge in [-0.05, 0) is 69.0 Å². The number of rotatable bonds is 10. The molecule has 0 radical (unpaired) electrons. The summed E-state index contributed by atoms with van der Waals surface area (Å²) in [6.45, 7) is 1.57. The number of allylic oxidation sites excluding steroid dienone is 2. The highest BCUT2D eigenvalue weighted by molar-refractivity contribution is 7.80. The minimum absolute atomic E-state index is 0.239. The van der Waals surface area contributed by atoms with Crippen LogP contribution in [-0.2, 0) is 14.3 Å². The molecule has 0 amide bonds. The molecule has 2 N–H and O–H groups in total. The third-order valence-corrected chi connectivity index (χ3v) is 6.86. The van der Waals surface area contributed by atoms with Gasteiger partial charge in [0, 0.05) is 18.9 Å². The molecule has 3 fully saturated rings. The average molecular weight is 410 g/mol. The lowest BCUT2D eigenvalue weighted by Gasteiger charge is -2.27. The van der Waals surface area contributed by atoms with Crippen LogP contribution in [0.3, 0.4) is 0 Å². The molecular weight excluding hydrogens is 374 g/mol. The summed E-state index contributed by atoms with van der Waals surface area (Å²) in [5.41, 5.74) is 0. The molecule has 3 aliphatic rings. The largest absolute Gasteiger partial charge is 0.481 e. The van der Waals surface area contributed by atoms with Crippen LogP contribution in [0.5, 0.6) is 0 Å². The summed E-state index contributed by atoms with van der Waals surface area (Å²) in [5, 5.41) is 12.6. The number of unbranched alkanes of at least 4 members (excludes halogenated alkanes) is 1. The van der Waals surface area contributed by atoms with Crippen molar-refractivity contribution in [2.75, 3.05) is 13.2 Å². The number of carbonyl (C=O) groups is 1. The molecule has 2 bridgehead atoms. The van der Waals surface area contributed by atoms with Gasteiger partial charge >= 0.3 is 5.97 Å². The van der Waals surface area contributed by atoms with Gasteiger partial charge in [-0.3, -0.25) is 4.79 Å². The zero-order chi connectivity index (χ0) is 19.8. The van der Waals surface area contributed by atoms with Crippen LogP contribution in [0.4, 0.5) is 0 Å². The first-order chi connectivity index (χ1) is 13.6. The van der Waals surface area contributed by atoms with Crippen LogP contribution in [0.15, 0.2) is 12.2 Å². The molecule has 0 aromatic carbocycles. The number of carboxylic acid groups (broad SMARTS) is 1. The van der Waals surface area contributed by atoms with Crippen molar-refractivity contribution in [1.29, 1.82) is 0 Å². The summed E-state index contributed by atoms with van der Waals surface area (Å²) in [6.07, 6.45) is 16.6. The molecule has 0 aromatic rings. The van der Waals surface area contributed by atoms with Gasteiger partial charge in [-0.1, -0.05) is 31.4 Å². The molecular formula is C22H35NO4S. The van der Waals surface area contributed by atoms with E-state index in [1.54, 1.807) is 0 Å². The summed E-state index contributed by atoms with van der Waals surface area (Å²) >= 11 is 5.40. The van der Waals surface area contributed by atoms with Gasteiger partial charge in [-0.2, -0.15) is 0 Å². The molecule has 3 rings (SSSR count). The first-order valence-electron chi connectivity index (χ1n) is 11.1. The SMILES string of the molecule is O=C(O)CCC/C=C\C[C@@H]1[C@H](COC(=S)NCC2CCCCC2)[C@@H]2CC[C@H]1O2. The quantitative estimate of drug-likeness (QED) is 0.316. The smallest absolute Gasteiger partial charge is 0.303 e. The monoisotopic (exact) mass is 409 g/mol. The zero-order valence-electron chi connectivity index (χ0n) is 16.8. The molecule has 6 heteroatoms. The van der Waals surface area contributed by atoms with E-state index < -0.39 is 5.97 Å². The van der Waals surface area contributed by atoms with E-state index in [0.717, 1.165) is 38.1 Å². The van der Waals surface area contributed by atoms with Gasteiger partial charge in [0.2, 0.25) is 0 Å². The lowest BCUT2D eigenvalue weighted by molar-refractivity contribution is -0.137.